The molecule has 1 aromatic carbocycles. The summed E-state index contributed by atoms with van der Waals surface area (Å²) < 4.78 is 24.4. The third-order valence-electron chi connectivity index (χ3n) is 4.34. The second kappa shape index (κ2) is 8.48. The first-order valence-electron chi connectivity index (χ1n) is 8.40. The number of carbonyl (C=O) groups excluding carboxylic acids is 1. The Hall–Kier alpha value is -1.60. The van der Waals surface area contributed by atoms with Gasteiger partial charge in [-0.15, -0.1) is 0 Å². The van der Waals surface area contributed by atoms with Crippen molar-refractivity contribution in [2.24, 2.45) is 0 Å². The summed E-state index contributed by atoms with van der Waals surface area (Å²) in [7, 11) is -3.13. The zero-order chi connectivity index (χ0) is 17.6. The molecule has 6 nitrogen and oxygen atoms in total. The van der Waals surface area contributed by atoms with Gasteiger partial charge in [-0.25, -0.2) is 17.5 Å². The highest BCUT2D eigenvalue weighted by Gasteiger charge is 2.25. The van der Waals surface area contributed by atoms with E-state index >= 15 is 0 Å². The monoisotopic (exact) mass is 353 g/mol. The Morgan fingerprint density at radius 2 is 1.88 bits per heavy atom. The summed E-state index contributed by atoms with van der Waals surface area (Å²) in [5.74, 6) is 0. The fourth-order valence-electron chi connectivity index (χ4n) is 2.88. The van der Waals surface area contributed by atoms with E-state index in [-0.39, 0.29) is 18.1 Å². The van der Waals surface area contributed by atoms with Crippen LogP contribution in [-0.2, 0) is 16.4 Å². The molecular weight excluding hydrogens is 326 g/mol. The van der Waals surface area contributed by atoms with Gasteiger partial charge in [0.2, 0.25) is 10.0 Å². The molecular formula is C17H27N3O3S. The van der Waals surface area contributed by atoms with Crippen molar-refractivity contribution in [2.45, 2.75) is 44.7 Å². The molecule has 0 radical (unpaired) electrons. The molecule has 0 saturated carbocycles. The van der Waals surface area contributed by atoms with Crippen LogP contribution < -0.4 is 10.6 Å². The number of urea groups is 1. The molecule has 0 bridgehead atoms. The van der Waals surface area contributed by atoms with Crippen LogP contribution in [-0.4, -0.2) is 50.2 Å². The van der Waals surface area contributed by atoms with Gasteiger partial charge in [-0.05, 0) is 38.2 Å². The van der Waals surface area contributed by atoms with Crippen molar-refractivity contribution in [1.82, 2.24) is 14.9 Å². The molecule has 2 rings (SSSR count). The number of aryl methyl sites for hydroxylation is 1. The van der Waals surface area contributed by atoms with E-state index in [0.29, 0.717) is 25.9 Å². The molecule has 0 spiro atoms. The van der Waals surface area contributed by atoms with Gasteiger partial charge in [-0.1, -0.05) is 30.3 Å². The van der Waals surface area contributed by atoms with Gasteiger partial charge in [0, 0.05) is 25.2 Å². The predicted molar refractivity (Wildman–Crippen MR) is 95.3 cm³/mol. The number of carbonyl (C=O) groups is 1. The van der Waals surface area contributed by atoms with Crippen molar-refractivity contribution in [3.05, 3.63) is 35.9 Å². The van der Waals surface area contributed by atoms with Gasteiger partial charge in [-0.3, -0.25) is 0 Å². The van der Waals surface area contributed by atoms with E-state index < -0.39 is 10.0 Å². The predicted octanol–water partition coefficient (Wildman–Crippen LogP) is 1.73. The molecule has 0 aliphatic carbocycles. The van der Waals surface area contributed by atoms with Crippen LogP contribution in [0, 0.1) is 0 Å². The van der Waals surface area contributed by atoms with Crippen molar-refractivity contribution in [3.63, 3.8) is 0 Å². The Bertz CT molecular complexity index is 626. The van der Waals surface area contributed by atoms with Crippen molar-refractivity contribution in [2.75, 3.05) is 19.3 Å². The maximum Gasteiger partial charge on any atom is 0.315 e. The first-order chi connectivity index (χ1) is 11.3. The zero-order valence-electron chi connectivity index (χ0n) is 14.4. The van der Waals surface area contributed by atoms with Crippen molar-refractivity contribution < 1.29 is 13.2 Å². The Morgan fingerprint density at radius 1 is 1.25 bits per heavy atom. The number of piperidine rings is 1. The third-order valence-corrected chi connectivity index (χ3v) is 5.65. The molecule has 1 heterocycles. The van der Waals surface area contributed by atoms with Crippen LogP contribution >= 0.6 is 0 Å². The molecule has 1 fully saturated rings. The molecule has 7 heteroatoms. The topological polar surface area (TPSA) is 78.5 Å². The normalized spacial score (nSPS) is 18.1. The second-order valence-electron chi connectivity index (χ2n) is 6.48. The van der Waals surface area contributed by atoms with Gasteiger partial charge in [0.1, 0.15) is 0 Å². The van der Waals surface area contributed by atoms with Crippen molar-refractivity contribution in [3.8, 4) is 0 Å². The van der Waals surface area contributed by atoms with Crippen LogP contribution in [0.15, 0.2) is 30.3 Å². The van der Waals surface area contributed by atoms with Crippen LogP contribution in [0.2, 0.25) is 0 Å². The maximum atomic E-state index is 12.1. The lowest BCUT2D eigenvalue weighted by Crippen LogP contribution is -2.50. The van der Waals surface area contributed by atoms with Crippen molar-refractivity contribution >= 4 is 16.1 Å². The van der Waals surface area contributed by atoms with E-state index in [2.05, 4.69) is 22.8 Å². The number of amides is 2. The van der Waals surface area contributed by atoms with E-state index in [1.807, 2.05) is 25.1 Å². The Balaban J connectivity index is 1.68. The molecule has 24 heavy (non-hydrogen) atoms. The SMILES string of the molecule is C[C@H](CCc1ccccc1)NC(=O)NC1CCN(S(C)(=O)=O)CC1. The lowest BCUT2D eigenvalue weighted by molar-refractivity contribution is 0.224. The van der Waals surface area contributed by atoms with Gasteiger partial charge in [0.05, 0.1) is 6.26 Å². The summed E-state index contributed by atoms with van der Waals surface area (Å²) in [6.45, 7) is 2.93. The highest BCUT2D eigenvalue weighted by atomic mass is 32.2. The molecule has 1 aliphatic rings. The van der Waals surface area contributed by atoms with Gasteiger partial charge in [0.15, 0.2) is 0 Å². The standard InChI is InChI=1S/C17H27N3O3S/c1-14(8-9-15-6-4-3-5-7-15)18-17(21)19-16-10-12-20(13-11-16)24(2,22)23/h3-7,14,16H,8-13H2,1-2H3,(H2,18,19,21)/t14-/m1/s1. The van der Waals surface area contributed by atoms with Gasteiger partial charge in [0.25, 0.3) is 0 Å². The van der Waals surface area contributed by atoms with Gasteiger partial charge in [-0.2, -0.15) is 0 Å². The molecule has 1 aliphatic heterocycles. The molecule has 1 atom stereocenters. The summed E-state index contributed by atoms with van der Waals surface area (Å²) >= 11 is 0. The summed E-state index contributed by atoms with van der Waals surface area (Å²) in [4.78, 5) is 12.1. The first kappa shape index (κ1) is 18.7. The Morgan fingerprint density at radius 3 is 2.46 bits per heavy atom. The van der Waals surface area contributed by atoms with E-state index in [1.54, 1.807) is 0 Å². The molecule has 0 aromatic heterocycles. The van der Waals surface area contributed by atoms with Gasteiger partial charge < -0.3 is 10.6 Å². The largest absolute Gasteiger partial charge is 0.336 e. The number of rotatable bonds is 6. The highest BCUT2D eigenvalue weighted by Crippen LogP contribution is 2.13. The number of nitrogens with one attached hydrogen (secondary N) is 2. The summed E-state index contributed by atoms with van der Waals surface area (Å²) in [5.41, 5.74) is 1.26. The Labute approximate surface area is 144 Å². The van der Waals surface area contributed by atoms with Crippen LogP contribution in [0.4, 0.5) is 4.79 Å². The minimum Gasteiger partial charge on any atom is -0.336 e. The molecule has 1 saturated heterocycles. The first-order valence-corrected chi connectivity index (χ1v) is 10.3. The van der Waals surface area contributed by atoms with Crippen LogP contribution in [0.25, 0.3) is 0 Å². The zero-order valence-corrected chi connectivity index (χ0v) is 15.2. The average molecular weight is 353 g/mol. The number of nitrogens with zero attached hydrogens (tertiary/aromatic N) is 1. The van der Waals surface area contributed by atoms with Crippen LogP contribution in [0.3, 0.4) is 0 Å². The summed E-state index contributed by atoms with van der Waals surface area (Å²) in [6, 6.07) is 10.1. The fraction of sp³-hybridized carbons (Fsp3) is 0.588. The highest BCUT2D eigenvalue weighted by molar-refractivity contribution is 7.88. The lowest BCUT2D eigenvalue weighted by atomic mass is 10.1. The number of hydrogen-bond donors (Lipinski definition) is 2. The third kappa shape index (κ3) is 6.13. The fourth-order valence-corrected chi connectivity index (χ4v) is 3.76. The van der Waals surface area contributed by atoms with Crippen LogP contribution in [0.1, 0.15) is 31.7 Å². The average Bonchev–Trinajstić information content (AvgIpc) is 2.53. The van der Waals surface area contributed by atoms with E-state index in [0.717, 1.165) is 12.8 Å². The second-order valence-corrected chi connectivity index (χ2v) is 8.46. The minimum absolute atomic E-state index is 0.0318. The number of hydrogen-bond acceptors (Lipinski definition) is 3. The van der Waals surface area contributed by atoms with E-state index in [1.165, 1.54) is 16.1 Å². The minimum atomic E-state index is -3.13. The van der Waals surface area contributed by atoms with Gasteiger partial charge >= 0.3 is 6.03 Å². The molecule has 2 N–H and O–H groups in total. The number of sulfonamides is 1. The lowest BCUT2D eigenvalue weighted by Gasteiger charge is -2.31. The summed E-state index contributed by atoms with van der Waals surface area (Å²) in [6.07, 6.45) is 4.33. The number of benzene rings is 1. The maximum absolute atomic E-state index is 12.1. The molecule has 1 aromatic rings. The van der Waals surface area contributed by atoms with E-state index in [4.69, 9.17) is 0 Å². The molecule has 2 amide bonds. The molecule has 0 unspecified atom stereocenters. The Kier molecular flexibility index (Phi) is 6.62. The van der Waals surface area contributed by atoms with E-state index in [9.17, 15) is 13.2 Å². The van der Waals surface area contributed by atoms with Crippen LogP contribution in [0.5, 0.6) is 0 Å². The smallest absolute Gasteiger partial charge is 0.315 e. The quantitative estimate of drug-likeness (QED) is 0.817. The summed E-state index contributed by atoms with van der Waals surface area (Å²) in [5, 5.41) is 5.91. The van der Waals surface area contributed by atoms with Crippen molar-refractivity contribution in [1.29, 1.82) is 0 Å². The molecule has 134 valence electrons.